The van der Waals surface area contributed by atoms with Gasteiger partial charge in [0.05, 0.1) is 5.60 Å². The minimum absolute atomic E-state index is 0.176. The maximum absolute atomic E-state index is 10.5. The molecule has 1 aromatic rings. The highest BCUT2D eigenvalue weighted by molar-refractivity contribution is 5.26. The first kappa shape index (κ1) is 13.2. The van der Waals surface area contributed by atoms with Gasteiger partial charge in [-0.1, -0.05) is 36.8 Å². The van der Waals surface area contributed by atoms with Crippen LogP contribution in [0.3, 0.4) is 0 Å². The normalized spacial score (nSPS) is 16.8. The number of hydrogen-bond donors (Lipinski definition) is 1. The Labute approximate surface area is 98.3 Å². The lowest BCUT2D eigenvalue weighted by Crippen LogP contribution is -2.30. The van der Waals surface area contributed by atoms with E-state index >= 15 is 0 Å². The largest absolute Gasteiger partial charge is 0.385 e. The van der Waals surface area contributed by atoms with E-state index in [1.165, 1.54) is 5.56 Å². The van der Waals surface area contributed by atoms with E-state index in [0.717, 1.165) is 12.0 Å². The fourth-order valence-corrected chi connectivity index (χ4v) is 1.75. The summed E-state index contributed by atoms with van der Waals surface area (Å²) in [6.45, 7) is 6.66. The molecule has 0 spiro atoms. The van der Waals surface area contributed by atoms with Crippen molar-refractivity contribution in [2.24, 2.45) is 5.92 Å². The van der Waals surface area contributed by atoms with Crippen LogP contribution in [0.5, 0.6) is 0 Å². The lowest BCUT2D eigenvalue weighted by molar-refractivity contribution is -0.0107. The van der Waals surface area contributed by atoms with Crippen LogP contribution in [0.15, 0.2) is 24.3 Å². The van der Waals surface area contributed by atoms with Gasteiger partial charge in [0.1, 0.15) is 0 Å². The maximum atomic E-state index is 10.5. The second-order valence-electron chi connectivity index (χ2n) is 4.70. The number of rotatable bonds is 5. The Morgan fingerprint density at radius 2 is 1.88 bits per heavy atom. The minimum atomic E-state index is -0.785. The summed E-state index contributed by atoms with van der Waals surface area (Å²) in [7, 11) is 1.69. The molecule has 1 N–H and O–H groups in total. The van der Waals surface area contributed by atoms with Crippen LogP contribution in [-0.4, -0.2) is 18.8 Å². The Balaban J connectivity index is 2.79. The van der Waals surface area contributed by atoms with Crippen LogP contribution in [0, 0.1) is 12.8 Å². The van der Waals surface area contributed by atoms with Gasteiger partial charge in [0.2, 0.25) is 0 Å². The van der Waals surface area contributed by atoms with Crippen LogP contribution < -0.4 is 0 Å². The number of aryl methyl sites for hydroxylation is 1. The highest BCUT2D eigenvalue weighted by atomic mass is 16.5. The van der Waals surface area contributed by atoms with Crippen LogP contribution in [0.2, 0.25) is 0 Å². The molecule has 1 aromatic carbocycles. The summed E-state index contributed by atoms with van der Waals surface area (Å²) in [6.07, 6.45) is 0.859. The molecule has 90 valence electrons. The van der Waals surface area contributed by atoms with Gasteiger partial charge in [-0.3, -0.25) is 0 Å². The molecule has 2 atom stereocenters. The van der Waals surface area contributed by atoms with Crippen molar-refractivity contribution < 1.29 is 9.84 Å². The van der Waals surface area contributed by atoms with E-state index in [4.69, 9.17) is 4.74 Å². The van der Waals surface area contributed by atoms with Gasteiger partial charge in [0, 0.05) is 13.7 Å². The van der Waals surface area contributed by atoms with Crippen LogP contribution in [0.4, 0.5) is 0 Å². The lowest BCUT2D eigenvalue weighted by Gasteiger charge is -2.31. The predicted molar refractivity (Wildman–Crippen MR) is 66.4 cm³/mol. The van der Waals surface area contributed by atoms with Crippen molar-refractivity contribution in [3.63, 3.8) is 0 Å². The molecular formula is C14H22O2. The molecule has 0 amide bonds. The second-order valence-corrected chi connectivity index (χ2v) is 4.70. The molecule has 0 aromatic heterocycles. The number of benzene rings is 1. The van der Waals surface area contributed by atoms with Gasteiger partial charge >= 0.3 is 0 Å². The van der Waals surface area contributed by atoms with Crippen molar-refractivity contribution in [2.75, 3.05) is 13.7 Å². The SMILES string of the molecule is COCCC(C)C(C)(O)c1ccc(C)cc1. The topological polar surface area (TPSA) is 29.5 Å². The first-order valence-corrected chi connectivity index (χ1v) is 5.77. The summed E-state index contributed by atoms with van der Waals surface area (Å²) < 4.78 is 5.05. The zero-order valence-electron chi connectivity index (χ0n) is 10.7. The summed E-state index contributed by atoms with van der Waals surface area (Å²) in [5.41, 5.74) is 1.40. The molecule has 0 aliphatic heterocycles. The Hall–Kier alpha value is -0.860. The Morgan fingerprint density at radius 1 is 1.31 bits per heavy atom. The van der Waals surface area contributed by atoms with Crippen LogP contribution in [0.25, 0.3) is 0 Å². The molecule has 0 radical (unpaired) electrons. The molecule has 2 nitrogen and oxygen atoms in total. The Morgan fingerprint density at radius 3 is 2.38 bits per heavy atom. The van der Waals surface area contributed by atoms with E-state index in [0.29, 0.717) is 6.61 Å². The first-order valence-electron chi connectivity index (χ1n) is 5.77. The standard InChI is InChI=1S/C14H22O2/c1-11-5-7-13(8-6-11)14(3,15)12(2)9-10-16-4/h5-8,12,15H,9-10H2,1-4H3. The molecule has 2 heteroatoms. The van der Waals surface area contributed by atoms with E-state index in [2.05, 4.69) is 6.92 Å². The first-order chi connectivity index (χ1) is 7.48. The van der Waals surface area contributed by atoms with Gasteiger partial charge in [0.25, 0.3) is 0 Å². The third kappa shape index (κ3) is 3.06. The highest BCUT2D eigenvalue weighted by Gasteiger charge is 2.29. The van der Waals surface area contributed by atoms with Gasteiger partial charge in [-0.15, -0.1) is 0 Å². The van der Waals surface area contributed by atoms with Gasteiger partial charge < -0.3 is 9.84 Å². The Kier molecular flexibility index (Phi) is 4.51. The average molecular weight is 222 g/mol. The predicted octanol–water partition coefficient (Wildman–Crippen LogP) is 2.88. The van der Waals surface area contributed by atoms with Gasteiger partial charge in [-0.05, 0) is 31.7 Å². The summed E-state index contributed by atoms with van der Waals surface area (Å²) in [5, 5.41) is 10.5. The molecule has 16 heavy (non-hydrogen) atoms. The summed E-state index contributed by atoms with van der Waals surface area (Å²) in [6, 6.07) is 8.07. The van der Waals surface area contributed by atoms with E-state index in [-0.39, 0.29) is 5.92 Å². The monoisotopic (exact) mass is 222 g/mol. The third-order valence-electron chi connectivity index (χ3n) is 3.35. The van der Waals surface area contributed by atoms with Gasteiger partial charge in [0.15, 0.2) is 0 Å². The Bertz CT molecular complexity index is 314. The fraction of sp³-hybridized carbons (Fsp3) is 0.571. The molecule has 0 heterocycles. The summed E-state index contributed by atoms with van der Waals surface area (Å²) in [5.74, 6) is 0.176. The molecule has 1 rings (SSSR count). The quantitative estimate of drug-likeness (QED) is 0.830. The number of methoxy groups -OCH3 is 1. The average Bonchev–Trinajstić information content (AvgIpc) is 2.26. The number of aliphatic hydroxyl groups is 1. The van der Waals surface area contributed by atoms with Crippen molar-refractivity contribution in [2.45, 2.75) is 32.8 Å². The minimum Gasteiger partial charge on any atom is -0.385 e. The van der Waals surface area contributed by atoms with Crippen molar-refractivity contribution in [3.05, 3.63) is 35.4 Å². The second kappa shape index (κ2) is 5.46. The lowest BCUT2D eigenvalue weighted by atomic mass is 9.82. The van der Waals surface area contributed by atoms with Gasteiger partial charge in [-0.25, -0.2) is 0 Å². The molecule has 0 fully saturated rings. The molecule has 2 unspecified atom stereocenters. The molecular weight excluding hydrogens is 200 g/mol. The van der Waals surface area contributed by atoms with Crippen LogP contribution >= 0.6 is 0 Å². The third-order valence-corrected chi connectivity index (χ3v) is 3.35. The fourth-order valence-electron chi connectivity index (χ4n) is 1.75. The maximum Gasteiger partial charge on any atom is 0.0894 e. The summed E-state index contributed by atoms with van der Waals surface area (Å²) in [4.78, 5) is 0. The van der Waals surface area contributed by atoms with Crippen molar-refractivity contribution in [3.8, 4) is 0 Å². The molecule has 0 aliphatic rings. The van der Waals surface area contributed by atoms with E-state index in [1.54, 1.807) is 7.11 Å². The molecule has 0 bridgehead atoms. The zero-order chi connectivity index (χ0) is 12.2. The van der Waals surface area contributed by atoms with Crippen molar-refractivity contribution in [1.82, 2.24) is 0 Å². The molecule has 0 saturated heterocycles. The highest BCUT2D eigenvalue weighted by Crippen LogP contribution is 2.31. The molecule has 0 aliphatic carbocycles. The molecule has 0 saturated carbocycles. The van der Waals surface area contributed by atoms with E-state index in [9.17, 15) is 5.11 Å². The number of hydrogen-bond acceptors (Lipinski definition) is 2. The van der Waals surface area contributed by atoms with Gasteiger partial charge in [-0.2, -0.15) is 0 Å². The van der Waals surface area contributed by atoms with Crippen molar-refractivity contribution in [1.29, 1.82) is 0 Å². The summed E-state index contributed by atoms with van der Waals surface area (Å²) >= 11 is 0. The van der Waals surface area contributed by atoms with Crippen molar-refractivity contribution >= 4 is 0 Å². The smallest absolute Gasteiger partial charge is 0.0894 e. The van der Waals surface area contributed by atoms with Crippen LogP contribution in [0.1, 0.15) is 31.4 Å². The van der Waals surface area contributed by atoms with Crippen LogP contribution in [-0.2, 0) is 10.3 Å². The zero-order valence-corrected chi connectivity index (χ0v) is 10.7. The number of ether oxygens (including phenoxy) is 1. The van der Waals surface area contributed by atoms with E-state index < -0.39 is 5.60 Å². The van der Waals surface area contributed by atoms with E-state index in [1.807, 2.05) is 38.1 Å².